The number of carbonyl (C=O) groups is 3. The Hall–Kier alpha value is -3.62. The number of likely N-dealkylation sites (tertiary alicyclic amines) is 1. The molecule has 3 amide bonds. The molecule has 3 atom stereocenters. The van der Waals surface area contributed by atoms with Crippen molar-refractivity contribution in [2.75, 3.05) is 6.79 Å². The number of urea groups is 1. The lowest BCUT2D eigenvalue weighted by atomic mass is 9.83. The van der Waals surface area contributed by atoms with Crippen LogP contribution in [0.25, 0.3) is 0 Å². The number of aliphatic carboxylic acids is 1. The molecule has 0 spiro atoms. The number of aromatic nitrogens is 1. The molecular weight excluding hydrogens is 378 g/mol. The zero-order chi connectivity index (χ0) is 20.5. The number of hydrogen-bond donors (Lipinski definition) is 2. The Balaban J connectivity index is 1.45. The second kappa shape index (κ2) is 7.42. The Bertz CT molecular complexity index is 964. The predicted octanol–water partition coefficient (Wildman–Crippen LogP) is 1.74. The standard InChI is InChI=1S/C20H19N3O6/c1-11(12-5-6-15-16(8-12)29-10-28-15)22-20(27)23-17(19(25)26)14(18(23)24)9-13-4-2-3-7-21-13/h2-8,11,14,17H,9-10H2,1H3,(H,22,27)(H,25,26)/t11-,14-,17+/m1/s1. The van der Waals surface area contributed by atoms with Gasteiger partial charge in [0.2, 0.25) is 12.7 Å². The first-order valence-corrected chi connectivity index (χ1v) is 9.11. The van der Waals surface area contributed by atoms with Gasteiger partial charge >= 0.3 is 12.0 Å². The van der Waals surface area contributed by atoms with Crippen LogP contribution >= 0.6 is 0 Å². The maximum absolute atomic E-state index is 12.6. The number of benzene rings is 1. The molecule has 2 N–H and O–H groups in total. The third-order valence-electron chi connectivity index (χ3n) is 5.08. The molecule has 9 nitrogen and oxygen atoms in total. The molecule has 0 bridgehead atoms. The van der Waals surface area contributed by atoms with Crippen LogP contribution in [0, 0.1) is 5.92 Å². The third kappa shape index (κ3) is 3.46. The molecule has 4 rings (SSSR count). The number of carboxylic acids is 1. The molecule has 2 aliphatic heterocycles. The molecule has 29 heavy (non-hydrogen) atoms. The van der Waals surface area contributed by atoms with E-state index in [1.54, 1.807) is 49.5 Å². The lowest BCUT2D eigenvalue weighted by Crippen LogP contribution is -2.68. The monoisotopic (exact) mass is 397 g/mol. The summed E-state index contributed by atoms with van der Waals surface area (Å²) < 4.78 is 10.6. The molecule has 9 heteroatoms. The second-order valence-electron chi connectivity index (χ2n) is 6.91. The maximum atomic E-state index is 12.6. The predicted molar refractivity (Wildman–Crippen MR) is 99.2 cm³/mol. The van der Waals surface area contributed by atoms with Crippen LogP contribution in [-0.2, 0) is 16.0 Å². The van der Waals surface area contributed by atoms with Crippen molar-refractivity contribution in [1.29, 1.82) is 0 Å². The van der Waals surface area contributed by atoms with Gasteiger partial charge in [0.15, 0.2) is 17.5 Å². The largest absolute Gasteiger partial charge is 0.480 e. The van der Waals surface area contributed by atoms with Gasteiger partial charge in [-0.05, 0) is 36.8 Å². The Kier molecular flexibility index (Phi) is 4.79. The molecule has 0 saturated carbocycles. The first-order chi connectivity index (χ1) is 14.0. The van der Waals surface area contributed by atoms with Gasteiger partial charge in [-0.2, -0.15) is 0 Å². The van der Waals surface area contributed by atoms with Gasteiger partial charge < -0.3 is 19.9 Å². The van der Waals surface area contributed by atoms with Gasteiger partial charge in [0.25, 0.3) is 0 Å². The van der Waals surface area contributed by atoms with Gasteiger partial charge in [-0.15, -0.1) is 0 Å². The summed E-state index contributed by atoms with van der Waals surface area (Å²) in [6, 6.07) is 8.02. The van der Waals surface area contributed by atoms with Crippen LogP contribution in [0.15, 0.2) is 42.6 Å². The van der Waals surface area contributed by atoms with E-state index in [1.807, 2.05) is 0 Å². The summed E-state index contributed by atoms with van der Waals surface area (Å²) in [6.07, 6.45) is 1.74. The van der Waals surface area contributed by atoms with Gasteiger partial charge in [-0.25, -0.2) is 14.5 Å². The highest BCUT2D eigenvalue weighted by Gasteiger charge is 2.54. The summed E-state index contributed by atoms with van der Waals surface area (Å²) in [7, 11) is 0. The molecule has 1 aromatic carbocycles. The number of fused-ring (bicyclic) bond motifs is 1. The van der Waals surface area contributed by atoms with E-state index in [4.69, 9.17) is 9.47 Å². The van der Waals surface area contributed by atoms with E-state index >= 15 is 0 Å². The first kappa shape index (κ1) is 18.7. The fraction of sp³-hybridized carbons (Fsp3) is 0.300. The Morgan fingerprint density at radius 3 is 2.79 bits per heavy atom. The van der Waals surface area contributed by atoms with E-state index in [9.17, 15) is 19.5 Å². The summed E-state index contributed by atoms with van der Waals surface area (Å²) in [6.45, 7) is 1.88. The van der Waals surface area contributed by atoms with Crippen LogP contribution in [0.5, 0.6) is 11.5 Å². The minimum Gasteiger partial charge on any atom is -0.480 e. The van der Waals surface area contributed by atoms with Crippen molar-refractivity contribution in [1.82, 2.24) is 15.2 Å². The summed E-state index contributed by atoms with van der Waals surface area (Å²) >= 11 is 0. The van der Waals surface area contributed by atoms with Crippen LogP contribution in [0.2, 0.25) is 0 Å². The first-order valence-electron chi connectivity index (χ1n) is 9.11. The average Bonchev–Trinajstić information content (AvgIpc) is 3.18. The molecule has 3 heterocycles. The third-order valence-corrected chi connectivity index (χ3v) is 5.08. The molecule has 0 aliphatic carbocycles. The summed E-state index contributed by atoms with van der Waals surface area (Å²) in [5.41, 5.74) is 1.35. The Morgan fingerprint density at radius 1 is 1.28 bits per heavy atom. The van der Waals surface area contributed by atoms with Gasteiger partial charge in [0.1, 0.15) is 0 Å². The highest BCUT2D eigenvalue weighted by molar-refractivity contribution is 6.07. The number of imide groups is 1. The van der Waals surface area contributed by atoms with Crippen LogP contribution in [0.4, 0.5) is 4.79 Å². The lowest BCUT2D eigenvalue weighted by Gasteiger charge is -2.43. The van der Waals surface area contributed by atoms with Gasteiger partial charge in [-0.3, -0.25) is 9.78 Å². The highest BCUT2D eigenvalue weighted by atomic mass is 16.7. The van der Waals surface area contributed by atoms with E-state index in [0.29, 0.717) is 17.2 Å². The number of β-lactam (4-membered cyclic amide) rings is 1. The van der Waals surface area contributed by atoms with Crippen LogP contribution < -0.4 is 14.8 Å². The fourth-order valence-corrected chi connectivity index (χ4v) is 3.52. The Labute approximate surface area is 166 Å². The van der Waals surface area contributed by atoms with Crippen molar-refractivity contribution < 1.29 is 29.0 Å². The van der Waals surface area contributed by atoms with Crippen LogP contribution in [0.1, 0.15) is 24.2 Å². The molecule has 0 unspecified atom stereocenters. The van der Waals surface area contributed by atoms with E-state index in [-0.39, 0.29) is 13.2 Å². The maximum Gasteiger partial charge on any atom is 0.327 e. The van der Waals surface area contributed by atoms with Gasteiger partial charge in [0, 0.05) is 18.3 Å². The molecule has 1 aromatic heterocycles. The van der Waals surface area contributed by atoms with E-state index < -0.39 is 35.9 Å². The van der Waals surface area contributed by atoms with Gasteiger partial charge in [0.05, 0.1) is 12.0 Å². The van der Waals surface area contributed by atoms with Crippen molar-refractivity contribution in [3.05, 3.63) is 53.9 Å². The number of rotatable bonds is 5. The minimum absolute atomic E-state index is 0.139. The smallest absolute Gasteiger partial charge is 0.327 e. The number of carboxylic acid groups (broad SMARTS) is 1. The normalized spacial score (nSPS) is 20.7. The fourth-order valence-electron chi connectivity index (χ4n) is 3.52. The van der Waals surface area contributed by atoms with Crippen molar-refractivity contribution in [3.63, 3.8) is 0 Å². The lowest BCUT2D eigenvalue weighted by molar-refractivity contribution is -0.165. The second-order valence-corrected chi connectivity index (χ2v) is 6.91. The minimum atomic E-state index is -1.23. The summed E-state index contributed by atoms with van der Waals surface area (Å²) in [5, 5.41) is 12.2. The Morgan fingerprint density at radius 2 is 2.07 bits per heavy atom. The molecular formula is C20H19N3O6. The SMILES string of the molecule is C[C@@H](NC(=O)N1C(=O)[C@H](Cc2ccccn2)[C@H]1C(=O)O)c1ccc2c(c1)OCO2. The summed E-state index contributed by atoms with van der Waals surface area (Å²) in [4.78, 5) is 41.8. The summed E-state index contributed by atoms with van der Waals surface area (Å²) in [5.74, 6) is -1.39. The molecule has 2 aromatic rings. The number of amides is 3. The van der Waals surface area contributed by atoms with Crippen molar-refractivity contribution >= 4 is 17.9 Å². The number of carbonyl (C=O) groups excluding carboxylic acids is 2. The quantitative estimate of drug-likeness (QED) is 0.738. The van der Waals surface area contributed by atoms with Gasteiger partial charge in [-0.1, -0.05) is 12.1 Å². The highest BCUT2D eigenvalue weighted by Crippen LogP contribution is 2.35. The zero-order valence-electron chi connectivity index (χ0n) is 15.6. The zero-order valence-corrected chi connectivity index (χ0v) is 15.6. The van der Waals surface area contributed by atoms with Crippen molar-refractivity contribution in [2.24, 2.45) is 5.92 Å². The van der Waals surface area contributed by atoms with E-state index in [2.05, 4.69) is 10.3 Å². The van der Waals surface area contributed by atoms with E-state index in [0.717, 1.165) is 10.5 Å². The van der Waals surface area contributed by atoms with Crippen LogP contribution in [0.3, 0.4) is 0 Å². The number of nitrogens with one attached hydrogen (secondary N) is 1. The average molecular weight is 397 g/mol. The molecule has 1 saturated heterocycles. The van der Waals surface area contributed by atoms with Crippen molar-refractivity contribution in [2.45, 2.75) is 25.4 Å². The number of hydrogen-bond acceptors (Lipinski definition) is 6. The topological polar surface area (TPSA) is 118 Å². The number of ether oxygens (including phenoxy) is 2. The van der Waals surface area contributed by atoms with Crippen molar-refractivity contribution in [3.8, 4) is 11.5 Å². The number of pyridine rings is 1. The molecule has 150 valence electrons. The van der Waals surface area contributed by atoms with E-state index in [1.165, 1.54) is 0 Å². The van der Waals surface area contributed by atoms with Crippen LogP contribution in [-0.4, -0.2) is 45.7 Å². The molecule has 2 aliphatic rings. The number of nitrogens with zero attached hydrogens (tertiary/aromatic N) is 2. The molecule has 1 fully saturated rings. The molecule has 0 radical (unpaired) electrons.